The molecule has 0 fully saturated rings. The molecule has 0 radical (unpaired) electrons. The summed E-state index contributed by atoms with van der Waals surface area (Å²) in [6.45, 7) is 0. The van der Waals surface area contributed by atoms with Crippen LogP contribution < -0.4 is 0 Å². The number of pyridine rings is 1. The van der Waals surface area contributed by atoms with Crippen LogP contribution in [0.2, 0.25) is 0 Å². The second-order valence-corrected chi connectivity index (χ2v) is 2.79. The normalized spacial score (nSPS) is 7.78. The largest absolute Gasteiger partial charge is 0.265 e. The van der Waals surface area contributed by atoms with E-state index in [1.165, 1.54) is 0 Å². The van der Waals surface area contributed by atoms with E-state index >= 15 is 0 Å². The van der Waals surface area contributed by atoms with Gasteiger partial charge in [0.2, 0.25) is 0 Å². The van der Waals surface area contributed by atoms with E-state index in [-0.39, 0.29) is 0 Å². The van der Waals surface area contributed by atoms with Gasteiger partial charge in [-0.1, -0.05) is 6.07 Å². The quantitative estimate of drug-likeness (QED) is 0.639. The van der Waals surface area contributed by atoms with Crippen molar-refractivity contribution in [1.82, 2.24) is 4.98 Å². The van der Waals surface area contributed by atoms with Gasteiger partial charge in [0.25, 0.3) is 0 Å². The monoisotopic (exact) mass is 208 g/mol. The van der Waals surface area contributed by atoms with Crippen molar-refractivity contribution in [3.8, 4) is 0 Å². The van der Waals surface area contributed by atoms with E-state index in [1.54, 1.807) is 12.4 Å². The predicted molar refractivity (Wildman–Crippen MR) is 35.9 cm³/mol. The Morgan fingerprint density at radius 1 is 1.00 bits per heavy atom. The molecule has 1 aromatic rings. The van der Waals surface area contributed by atoms with Crippen LogP contribution in [0.15, 0.2) is 30.6 Å². The van der Waals surface area contributed by atoms with Gasteiger partial charge in [0.15, 0.2) is 0 Å². The fourth-order valence-electron chi connectivity index (χ4n) is 0.313. The van der Waals surface area contributed by atoms with Crippen LogP contribution in [0.1, 0.15) is 0 Å². The van der Waals surface area contributed by atoms with Crippen molar-refractivity contribution in [1.29, 1.82) is 0 Å². The molecule has 4 heteroatoms. The van der Waals surface area contributed by atoms with Crippen molar-refractivity contribution >= 4 is 20.3 Å². The van der Waals surface area contributed by atoms with Crippen molar-refractivity contribution in [3.63, 3.8) is 0 Å². The van der Waals surface area contributed by atoms with Crippen LogP contribution in [-0.4, -0.2) is 4.98 Å². The molecule has 0 spiro atoms. The molecule has 0 bridgehead atoms. The van der Waals surface area contributed by atoms with E-state index in [2.05, 4.69) is 4.98 Å². The Bertz CT molecular complexity index is 97.8. The molecule has 0 saturated carbocycles. The summed E-state index contributed by atoms with van der Waals surface area (Å²) in [4.78, 5) is 3.78. The first kappa shape index (κ1) is 9.24. The maximum Gasteiger partial charge on any atom is 0.0267 e. The van der Waals surface area contributed by atoms with E-state index in [1.807, 2.05) is 18.2 Å². The van der Waals surface area contributed by atoms with Gasteiger partial charge in [-0.3, -0.25) is 4.98 Å². The predicted octanol–water partition coefficient (Wildman–Crippen LogP) is 2.46. The third-order valence-electron chi connectivity index (χ3n) is 0.566. The Kier molecular flexibility index (Phi) is 8.45. The Morgan fingerprint density at radius 2 is 1.44 bits per heavy atom. The van der Waals surface area contributed by atoms with Crippen LogP contribution in [0.4, 0.5) is 0 Å². The van der Waals surface area contributed by atoms with Crippen LogP contribution in [-0.2, 0) is 12.9 Å². The summed E-state index contributed by atoms with van der Waals surface area (Å²) in [7, 11) is 9.47. The molecule has 9 heavy (non-hydrogen) atoms. The summed E-state index contributed by atoms with van der Waals surface area (Å²) < 4.78 is 0. The maximum absolute atomic E-state index is 4.73. The minimum atomic E-state index is 0.382. The van der Waals surface area contributed by atoms with E-state index in [9.17, 15) is 0 Å². The summed E-state index contributed by atoms with van der Waals surface area (Å²) in [5.74, 6) is 0. The summed E-state index contributed by atoms with van der Waals surface area (Å²) in [6.07, 6.45) is 3.50. The molecule has 1 rings (SSSR count). The van der Waals surface area contributed by atoms with Crippen molar-refractivity contribution < 1.29 is 12.9 Å². The van der Waals surface area contributed by atoms with Gasteiger partial charge in [-0.05, 0) is 12.1 Å². The molecular weight excluding hydrogens is 204 g/mol. The molecule has 1 heterocycles. The number of rotatable bonds is 0. The molecule has 0 aliphatic rings. The van der Waals surface area contributed by atoms with E-state index in [4.69, 9.17) is 20.3 Å². The minimum Gasteiger partial charge on any atom is -0.265 e. The second-order valence-electron chi connectivity index (χ2n) is 1.07. The zero-order chi connectivity index (χ0) is 6.95. The van der Waals surface area contributed by atoms with Crippen molar-refractivity contribution in [2.45, 2.75) is 0 Å². The van der Waals surface area contributed by atoms with Gasteiger partial charge in [-0.25, -0.2) is 0 Å². The number of hydrogen-bond acceptors (Lipinski definition) is 1. The van der Waals surface area contributed by atoms with Crippen LogP contribution in [0.25, 0.3) is 0 Å². The Balaban J connectivity index is 0.000000187. The molecule has 0 saturated heterocycles. The van der Waals surface area contributed by atoms with Crippen LogP contribution in [0, 0.1) is 0 Å². The van der Waals surface area contributed by atoms with Gasteiger partial charge < -0.3 is 0 Å². The molecular formula is C5H5Cl2CoN. The van der Waals surface area contributed by atoms with Gasteiger partial charge >= 0.3 is 33.2 Å². The average molecular weight is 209 g/mol. The van der Waals surface area contributed by atoms with E-state index in [0.29, 0.717) is 12.9 Å². The standard InChI is InChI=1S/C5H5N.2ClH.Co/c1-2-4-6-5-3-1;;;/h1-5H;2*1H;/q;;;+2/p-2. The first-order chi connectivity index (χ1) is 4.41. The fraction of sp³-hybridized carbons (Fsp3) is 0. The van der Waals surface area contributed by atoms with Gasteiger partial charge in [0.05, 0.1) is 0 Å². The smallest absolute Gasteiger partial charge is 0.0267 e. The number of nitrogens with zero attached hydrogens (tertiary/aromatic N) is 1. The number of hydrogen-bond donors (Lipinski definition) is 0. The van der Waals surface area contributed by atoms with Crippen molar-refractivity contribution in [2.75, 3.05) is 0 Å². The topological polar surface area (TPSA) is 12.9 Å². The molecule has 0 amide bonds. The Hall–Kier alpha value is 0.236. The van der Waals surface area contributed by atoms with Crippen molar-refractivity contribution in [3.05, 3.63) is 30.6 Å². The molecule has 1 nitrogen and oxygen atoms in total. The molecule has 0 aliphatic carbocycles. The first-order valence-corrected chi connectivity index (χ1v) is 4.97. The Morgan fingerprint density at radius 3 is 1.56 bits per heavy atom. The fourth-order valence-corrected chi connectivity index (χ4v) is 0.313. The minimum absolute atomic E-state index is 0.382. The van der Waals surface area contributed by atoms with Gasteiger partial charge in [0, 0.05) is 12.4 Å². The van der Waals surface area contributed by atoms with Gasteiger partial charge in [-0.15, -0.1) is 0 Å². The van der Waals surface area contributed by atoms with Crippen LogP contribution in [0.5, 0.6) is 0 Å². The number of aromatic nitrogens is 1. The molecule has 0 aromatic carbocycles. The molecule has 1 aromatic heterocycles. The Labute approximate surface area is 68.9 Å². The average Bonchev–Trinajstić information content (AvgIpc) is 1.93. The van der Waals surface area contributed by atoms with Gasteiger partial charge in [-0.2, -0.15) is 0 Å². The van der Waals surface area contributed by atoms with Gasteiger partial charge in [0.1, 0.15) is 0 Å². The summed E-state index contributed by atoms with van der Waals surface area (Å²) in [5, 5.41) is 0. The summed E-state index contributed by atoms with van der Waals surface area (Å²) in [6, 6.07) is 5.72. The van der Waals surface area contributed by atoms with E-state index in [0.717, 1.165) is 0 Å². The van der Waals surface area contributed by atoms with E-state index < -0.39 is 0 Å². The summed E-state index contributed by atoms with van der Waals surface area (Å²) >= 11 is 0.382. The molecule has 0 N–H and O–H groups in total. The first-order valence-electron chi connectivity index (χ1n) is 2.10. The third kappa shape index (κ3) is 8.24. The SMILES string of the molecule is [Cl][Co][Cl].c1ccncc1. The maximum atomic E-state index is 4.73. The van der Waals surface area contributed by atoms with Crippen LogP contribution >= 0.6 is 20.3 Å². The molecule has 53 valence electrons. The third-order valence-corrected chi connectivity index (χ3v) is 0.566. The van der Waals surface area contributed by atoms with Crippen molar-refractivity contribution in [2.24, 2.45) is 0 Å². The van der Waals surface area contributed by atoms with Crippen LogP contribution in [0.3, 0.4) is 0 Å². The zero-order valence-electron chi connectivity index (χ0n) is 4.42. The molecule has 0 aliphatic heterocycles. The molecule has 0 unspecified atom stereocenters. The summed E-state index contributed by atoms with van der Waals surface area (Å²) in [5.41, 5.74) is 0. The second kappa shape index (κ2) is 8.24. The zero-order valence-corrected chi connectivity index (χ0v) is 6.98. The number of halogens is 2. The molecule has 0 atom stereocenters.